The molecule has 1 heterocycles. The van der Waals surface area contributed by atoms with Crippen molar-refractivity contribution in [3.8, 4) is 23.0 Å². The molecule has 0 bridgehead atoms. The van der Waals surface area contributed by atoms with Gasteiger partial charge in [0.15, 0.2) is 6.61 Å². The summed E-state index contributed by atoms with van der Waals surface area (Å²) in [5.74, 6) is 2.01. The van der Waals surface area contributed by atoms with Crippen LogP contribution in [0.15, 0.2) is 52.9 Å². The number of amides is 1. The van der Waals surface area contributed by atoms with Gasteiger partial charge in [0.25, 0.3) is 5.91 Å². The third kappa shape index (κ3) is 4.86. The van der Waals surface area contributed by atoms with E-state index < -0.39 is 0 Å². The van der Waals surface area contributed by atoms with E-state index in [4.69, 9.17) is 25.5 Å². The summed E-state index contributed by atoms with van der Waals surface area (Å²) >= 11 is 5.91. The molecule has 1 fully saturated rings. The smallest absolute Gasteiger partial charge is 0.261 e. The van der Waals surface area contributed by atoms with Gasteiger partial charge >= 0.3 is 0 Å². The molecule has 1 amide bonds. The van der Waals surface area contributed by atoms with E-state index in [1.165, 1.54) is 0 Å². The number of aromatic nitrogens is 2. The van der Waals surface area contributed by atoms with Gasteiger partial charge in [-0.05, 0) is 61.4 Å². The minimum absolute atomic E-state index is 0.0546. The monoisotopic (exact) mass is 413 g/mol. The molecule has 0 atom stereocenters. The lowest BCUT2D eigenvalue weighted by molar-refractivity contribution is -0.134. The molecule has 0 spiro atoms. The molecule has 7 nitrogen and oxygen atoms in total. The second kappa shape index (κ2) is 8.53. The molecule has 0 aliphatic heterocycles. The number of benzene rings is 2. The number of hydrogen-bond donors (Lipinski definition) is 0. The Morgan fingerprint density at radius 2 is 1.79 bits per heavy atom. The summed E-state index contributed by atoms with van der Waals surface area (Å²) < 4.78 is 16.5. The first kappa shape index (κ1) is 19.3. The van der Waals surface area contributed by atoms with Gasteiger partial charge in [-0.1, -0.05) is 11.6 Å². The van der Waals surface area contributed by atoms with Crippen LogP contribution in [0.3, 0.4) is 0 Å². The SMILES string of the molecule is COc1ccc(OCC(=O)N(Cc2nnc(-c3ccc(Cl)cc3)o2)C2CC2)cc1. The number of hydrogen-bond acceptors (Lipinski definition) is 6. The van der Waals surface area contributed by atoms with Gasteiger partial charge < -0.3 is 18.8 Å². The van der Waals surface area contributed by atoms with E-state index in [9.17, 15) is 4.79 Å². The summed E-state index contributed by atoms with van der Waals surface area (Å²) in [7, 11) is 1.60. The Hall–Kier alpha value is -3.06. The van der Waals surface area contributed by atoms with Crippen LogP contribution in [0.25, 0.3) is 11.5 Å². The minimum atomic E-state index is -0.116. The highest BCUT2D eigenvalue weighted by atomic mass is 35.5. The molecule has 0 N–H and O–H groups in total. The summed E-state index contributed by atoms with van der Waals surface area (Å²) in [6.45, 7) is 0.205. The molecule has 0 unspecified atom stereocenters. The van der Waals surface area contributed by atoms with Gasteiger partial charge in [0.05, 0.1) is 13.7 Å². The maximum Gasteiger partial charge on any atom is 0.261 e. The molecule has 2 aromatic carbocycles. The fourth-order valence-corrected chi connectivity index (χ4v) is 3.01. The molecule has 1 aromatic heterocycles. The van der Waals surface area contributed by atoms with Gasteiger partial charge in [0.2, 0.25) is 11.8 Å². The van der Waals surface area contributed by atoms with Crippen LogP contribution in [0.1, 0.15) is 18.7 Å². The molecule has 4 rings (SSSR count). The van der Waals surface area contributed by atoms with Crippen LogP contribution in [0, 0.1) is 0 Å². The van der Waals surface area contributed by atoms with Crippen LogP contribution >= 0.6 is 11.6 Å². The maximum atomic E-state index is 12.7. The van der Waals surface area contributed by atoms with Crippen LogP contribution in [0.5, 0.6) is 11.5 Å². The quantitative estimate of drug-likeness (QED) is 0.556. The molecule has 29 heavy (non-hydrogen) atoms. The van der Waals surface area contributed by atoms with Crippen molar-refractivity contribution in [1.82, 2.24) is 15.1 Å². The largest absolute Gasteiger partial charge is 0.497 e. The second-order valence-electron chi connectivity index (χ2n) is 6.72. The zero-order chi connectivity index (χ0) is 20.2. The lowest BCUT2D eigenvalue weighted by Gasteiger charge is -2.20. The Kier molecular flexibility index (Phi) is 5.67. The number of nitrogens with zero attached hydrogens (tertiary/aromatic N) is 3. The van der Waals surface area contributed by atoms with Crippen molar-refractivity contribution in [3.05, 3.63) is 59.4 Å². The van der Waals surface area contributed by atoms with E-state index in [2.05, 4.69) is 10.2 Å². The molecule has 150 valence electrons. The standard InChI is InChI=1S/C21H20ClN3O4/c1-27-17-8-10-18(11-9-17)28-13-20(26)25(16-6-7-16)12-19-23-24-21(29-19)14-2-4-15(22)5-3-14/h2-5,8-11,16H,6-7,12-13H2,1H3. The molecule has 0 radical (unpaired) electrons. The molecule has 0 saturated heterocycles. The van der Waals surface area contributed by atoms with E-state index in [1.807, 2.05) is 12.1 Å². The van der Waals surface area contributed by atoms with Crippen molar-refractivity contribution in [1.29, 1.82) is 0 Å². The van der Waals surface area contributed by atoms with E-state index >= 15 is 0 Å². The zero-order valence-corrected chi connectivity index (χ0v) is 16.6. The molecule has 3 aromatic rings. The average molecular weight is 414 g/mol. The molecule has 1 aliphatic rings. The van der Waals surface area contributed by atoms with Crippen molar-refractivity contribution < 1.29 is 18.7 Å². The summed E-state index contributed by atoms with van der Waals surface area (Å²) in [5.41, 5.74) is 0.778. The zero-order valence-electron chi connectivity index (χ0n) is 15.9. The van der Waals surface area contributed by atoms with Crippen LogP contribution in [-0.4, -0.2) is 40.8 Å². The van der Waals surface area contributed by atoms with E-state index in [-0.39, 0.29) is 25.1 Å². The van der Waals surface area contributed by atoms with Crippen molar-refractivity contribution in [2.24, 2.45) is 0 Å². The normalized spacial score (nSPS) is 13.2. The molecular formula is C21H20ClN3O4. The van der Waals surface area contributed by atoms with Crippen molar-refractivity contribution in [3.63, 3.8) is 0 Å². The first-order valence-corrected chi connectivity index (χ1v) is 9.65. The maximum absolute atomic E-state index is 12.7. The topological polar surface area (TPSA) is 77.7 Å². The van der Waals surface area contributed by atoms with Crippen molar-refractivity contribution >= 4 is 17.5 Å². The first-order valence-electron chi connectivity index (χ1n) is 9.27. The Bertz CT molecular complexity index is 968. The van der Waals surface area contributed by atoms with Crippen molar-refractivity contribution in [2.45, 2.75) is 25.4 Å². The second-order valence-corrected chi connectivity index (χ2v) is 7.16. The number of ether oxygens (including phenoxy) is 2. The lowest BCUT2D eigenvalue weighted by atomic mass is 10.2. The Morgan fingerprint density at radius 1 is 1.10 bits per heavy atom. The number of carbonyl (C=O) groups is 1. The van der Waals surface area contributed by atoms with Gasteiger partial charge in [-0.2, -0.15) is 0 Å². The van der Waals surface area contributed by atoms with E-state index in [1.54, 1.807) is 48.4 Å². The molecule has 1 aliphatic carbocycles. The Labute approximate surface area is 173 Å². The number of methoxy groups -OCH3 is 1. The van der Waals surface area contributed by atoms with Gasteiger partial charge in [0.1, 0.15) is 11.5 Å². The predicted molar refractivity (Wildman–Crippen MR) is 107 cm³/mol. The summed E-state index contributed by atoms with van der Waals surface area (Å²) in [6, 6.07) is 14.4. The minimum Gasteiger partial charge on any atom is -0.497 e. The van der Waals surface area contributed by atoms with Crippen LogP contribution < -0.4 is 9.47 Å². The van der Waals surface area contributed by atoms with Gasteiger partial charge in [-0.15, -0.1) is 10.2 Å². The van der Waals surface area contributed by atoms with Crippen LogP contribution in [0.2, 0.25) is 5.02 Å². The van der Waals surface area contributed by atoms with Gasteiger partial charge in [-0.25, -0.2) is 0 Å². The highest BCUT2D eigenvalue weighted by Crippen LogP contribution is 2.29. The van der Waals surface area contributed by atoms with E-state index in [0.29, 0.717) is 22.6 Å². The first-order chi connectivity index (χ1) is 14.1. The van der Waals surface area contributed by atoms with Crippen LogP contribution in [0.4, 0.5) is 0 Å². The summed E-state index contributed by atoms with van der Waals surface area (Å²) in [4.78, 5) is 14.5. The molecular weight excluding hydrogens is 394 g/mol. The van der Waals surface area contributed by atoms with E-state index in [0.717, 1.165) is 24.2 Å². The third-order valence-electron chi connectivity index (χ3n) is 4.59. The highest BCUT2D eigenvalue weighted by Gasteiger charge is 2.34. The van der Waals surface area contributed by atoms with Gasteiger partial charge in [-0.3, -0.25) is 4.79 Å². The van der Waals surface area contributed by atoms with Crippen LogP contribution in [-0.2, 0) is 11.3 Å². The molecule has 8 heteroatoms. The molecule has 1 saturated carbocycles. The predicted octanol–water partition coefficient (Wildman–Crippen LogP) is 3.97. The number of carbonyl (C=O) groups excluding carboxylic acids is 1. The number of rotatable bonds is 8. The Balaban J connectivity index is 1.39. The summed E-state index contributed by atoms with van der Waals surface area (Å²) in [6.07, 6.45) is 1.93. The highest BCUT2D eigenvalue weighted by molar-refractivity contribution is 6.30. The number of halogens is 1. The summed E-state index contributed by atoms with van der Waals surface area (Å²) in [5, 5.41) is 8.80. The third-order valence-corrected chi connectivity index (χ3v) is 4.85. The fourth-order valence-electron chi connectivity index (χ4n) is 2.88. The van der Waals surface area contributed by atoms with Crippen molar-refractivity contribution in [2.75, 3.05) is 13.7 Å². The Morgan fingerprint density at radius 3 is 2.45 bits per heavy atom. The van der Waals surface area contributed by atoms with Gasteiger partial charge in [0, 0.05) is 16.6 Å². The average Bonchev–Trinajstić information content (AvgIpc) is 3.49. The lowest BCUT2D eigenvalue weighted by Crippen LogP contribution is -2.36. The fraction of sp³-hybridized carbons (Fsp3) is 0.286.